The molecule has 2 nitrogen and oxygen atoms in total. The van der Waals surface area contributed by atoms with E-state index in [9.17, 15) is 0 Å². The summed E-state index contributed by atoms with van der Waals surface area (Å²) in [5.74, 6) is 0. The van der Waals surface area contributed by atoms with Gasteiger partial charge in [-0.25, -0.2) is 0 Å². The molecule has 0 N–H and O–H groups in total. The van der Waals surface area contributed by atoms with Crippen molar-refractivity contribution in [2.75, 3.05) is 6.61 Å². The standard InChI is InChI=1S/C11H12BrNO/c1-3-14-11(7-13)9-5-4-8(2)6-10(9)12/h4-6,11H,3H2,1-2H3. The fourth-order valence-corrected chi connectivity index (χ4v) is 1.91. The summed E-state index contributed by atoms with van der Waals surface area (Å²) in [7, 11) is 0. The van der Waals surface area contributed by atoms with Gasteiger partial charge in [-0.2, -0.15) is 5.26 Å². The Morgan fingerprint density at radius 3 is 2.79 bits per heavy atom. The average molecular weight is 254 g/mol. The Hall–Kier alpha value is -0.850. The van der Waals surface area contributed by atoms with Crippen molar-refractivity contribution in [3.05, 3.63) is 33.8 Å². The highest BCUT2D eigenvalue weighted by Gasteiger charge is 2.13. The van der Waals surface area contributed by atoms with Gasteiger partial charge >= 0.3 is 0 Å². The second-order valence-corrected chi connectivity index (χ2v) is 3.84. The maximum atomic E-state index is 8.91. The zero-order valence-corrected chi connectivity index (χ0v) is 9.84. The highest BCUT2D eigenvalue weighted by Crippen LogP contribution is 2.26. The Kier molecular flexibility index (Phi) is 4.12. The first-order chi connectivity index (χ1) is 6.69. The smallest absolute Gasteiger partial charge is 0.170 e. The molecule has 3 heteroatoms. The Balaban J connectivity index is 3.00. The second kappa shape index (κ2) is 5.14. The second-order valence-electron chi connectivity index (χ2n) is 2.99. The van der Waals surface area contributed by atoms with E-state index in [1.54, 1.807) is 0 Å². The molecule has 1 aromatic rings. The number of hydrogen-bond acceptors (Lipinski definition) is 2. The molecule has 14 heavy (non-hydrogen) atoms. The molecule has 0 aliphatic carbocycles. The molecule has 0 bridgehead atoms. The summed E-state index contributed by atoms with van der Waals surface area (Å²) in [6, 6.07) is 8.01. The Morgan fingerprint density at radius 2 is 2.29 bits per heavy atom. The van der Waals surface area contributed by atoms with Gasteiger partial charge in [0.25, 0.3) is 0 Å². The molecule has 74 valence electrons. The highest BCUT2D eigenvalue weighted by molar-refractivity contribution is 9.10. The lowest BCUT2D eigenvalue weighted by Crippen LogP contribution is -2.02. The number of rotatable bonds is 3. The first kappa shape index (κ1) is 11.2. The third kappa shape index (κ3) is 2.57. The number of ether oxygens (including phenoxy) is 1. The maximum absolute atomic E-state index is 8.91. The number of halogens is 1. The summed E-state index contributed by atoms with van der Waals surface area (Å²) in [4.78, 5) is 0. The summed E-state index contributed by atoms with van der Waals surface area (Å²) < 4.78 is 6.24. The zero-order chi connectivity index (χ0) is 10.6. The molecular formula is C11H12BrNO. The van der Waals surface area contributed by atoms with Gasteiger partial charge in [0, 0.05) is 16.6 Å². The summed E-state index contributed by atoms with van der Waals surface area (Å²) in [5.41, 5.74) is 2.05. The van der Waals surface area contributed by atoms with Crippen LogP contribution in [0, 0.1) is 18.3 Å². The SMILES string of the molecule is CCOC(C#N)c1ccc(C)cc1Br. The van der Waals surface area contributed by atoms with E-state index < -0.39 is 6.10 Å². The molecule has 0 aliphatic heterocycles. The minimum atomic E-state index is -0.477. The number of nitrogens with zero attached hydrogens (tertiary/aromatic N) is 1. The maximum Gasteiger partial charge on any atom is 0.170 e. The van der Waals surface area contributed by atoms with E-state index in [1.165, 1.54) is 0 Å². The topological polar surface area (TPSA) is 33.0 Å². The lowest BCUT2D eigenvalue weighted by molar-refractivity contribution is 0.101. The number of benzene rings is 1. The lowest BCUT2D eigenvalue weighted by Gasteiger charge is -2.11. The van der Waals surface area contributed by atoms with Crippen molar-refractivity contribution in [3.8, 4) is 6.07 Å². The fraction of sp³-hybridized carbons (Fsp3) is 0.364. The Labute approximate surface area is 92.6 Å². The van der Waals surface area contributed by atoms with Crippen LogP contribution < -0.4 is 0 Å². The molecule has 0 spiro atoms. The molecular weight excluding hydrogens is 242 g/mol. The van der Waals surface area contributed by atoms with Crippen LogP contribution in [0.4, 0.5) is 0 Å². The van der Waals surface area contributed by atoms with Crippen molar-refractivity contribution < 1.29 is 4.74 Å². The third-order valence-corrected chi connectivity index (χ3v) is 2.58. The van der Waals surface area contributed by atoms with Gasteiger partial charge < -0.3 is 4.74 Å². The van der Waals surface area contributed by atoms with Gasteiger partial charge in [-0.3, -0.25) is 0 Å². The van der Waals surface area contributed by atoms with Crippen LogP contribution in [-0.2, 0) is 4.74 Å². The van der Waals surface area contributed by atoms with Crippen molar-refractivity contribution in [2.45, 2.75) is 20.0 Å². The van der Waals surface area contributed by atoms with Crippen LogP contribution in [0.15, 0.2) is 22.7 Å². The first-order valence-corrected chi connectivity index (χ1v) is 5.25. The zero-order valence-electron chi connectivity index (χ0n) is 8.25. The Bertz CT molecular complexity index is 357. The van der Waals surface area contributed by atoms with E-state index in [-0.39, 0.29) is 0 Å². The largest absolute Gasteiger partial charge is 0.359 e. The number of hydrogen-bond donors (Lipinski definition) is 0. The minimum Gasteiger partial charge on any atom is -0.359 e. The molecule has 0 aromatic heterocycles. The molecule has 1 rings (SSSR count). The summed E-state index contributed by atoms with van der Waals surface area (Å²) >= 11 is 3.43. The molecule has 0 fully saturated rings. The van der Waals surface area contributed by atoms with E-state index in [2.05, 4.69) is 22.0 Å². The fourth-order valence-electron chi connectivity index (χ4n) is 1.21. The summed E-state index contributed by atoms with van der Waals surface area (Å²) in [6.07, 6.45) is -0.477. The van der Waals surface area contributed by atoms with Gasteiger partial charge in [-0.05, 0) is 25.5 Å². The first-order valence-electron chi connectivity index (χ1n) is 4.46. The molecule has 0 radical (unpaired) electrons. The van der Waals surface area contributed by atoms with Crippen LogP contribution in [-0.4, -0.2) is 6.61 Å². The number of aryl methyl sites for hydroxylation is 1. The van der Waals surface area contributed by atoms with Crippen LogP contribution in [0.3, 0.4) is 0 Å². The minimum absolute atomic E-state index is 0.477. The molecule has 0 saturated heterocycles. The molecule has 0 aliphatic rings. The highest BCUT2D eigenvalue weighted by atomic mass is 79.9. The Morgan fingerprint density at radius 1 is 1.57 bits per heavy atom. The van der Waals surface area contributed by atoms with Crippen LogP contribution in [0.25, 0.3) is 0 Å². The van der Waals surface area contributed by atoms with Crippen molar-refractivity contribution in [1.29, 1.82) is 5.26 Å². The van der Waals surface area contributed by atoms with E-state index in [1.807, 2.05) is 32.0 Å². The summed E-state index contributed by atoms with van der Waals surface area (Å²) in [6.45, 7) is 4.43. The lowest BCUT2D eigenvalue weighted by atomic mass is 10.1. The van der Waals surface area contributed by atoms with Crippen molar-refractivity contribution in [2.24, 2.45) is 0 Å². The van der Waals surface area contributed by atoms with Crippen molar-refractivity contribution >= 4 is 15.9 Å². The molecule has 1 atom stereocenters. The van der Waals surface area contributed by atoms with E-state index in [0.29, 0.717) is 6.61 Å². The molecule has 0 heterocycles. The predicted octanol–water partition coefficient (Wildman–Crippen LogP) is 3.36. The number of nitriles is 1. The summed E-state index contributed by atoms with van der Waals surface area (Å²) in [5, 5.41) is 8.91. The van der Waals surface area contributed by atoms with Crippen LogP contribution >= 0.6 is 15.9 Å². The van der Waals surface area contributed by atoms with E-state index >= 15 is 0 Å². The van der Waals surface area contributed by atoms with E-state index in [0.717, 1.165) is 15.6 Å². The monoisotopic (exact) mass is 253 g/mol. The van der Waals surface area contributed by atoms with Crippen LogP contribution in [0.1, 0.15) is 24.2 Å². The molecule has 1 unspecified atom stereocenters. The van der Waals surface area contributed by atoms with Gasteiger partial charge in [-0.15, -0.1) is 0 Å². The van der Waals surface area contributed by atoms with Gasteiger partial charge in [0.15, 0.2) is 6.10 Å². The van der Waals surface area contributed by atoms with Gasteiger partial charge in [-0.1, -0.05) is 28.1 Å². The normalized spacial score (nSPS) is 12.1. The molecule has 0 saturated carbocycles. The van der Waals surface area contributed by atoms with Gasteiger partial charge in [0.05, 0.1) is 6.07 Å². The van der Waals surface area contributed by atoms with Crippen LogP contribution in [0.2, 0.25) is 0 Å². The van der Waals surface area contributed by atoms with E-state index in [4.69, 9.17) is 10.00 Å². The van der Waals surface area contributed by atoms with Gasteiger partial charge in [0.2, 0.25) is 0 Å². The molecule has 1 aromatic carbocycles. The third-order valence-electron chi connectivity index (χ3n) is 1.89. The quantitative estimate of drug-likeness (QED) is 0.828. The van der Waals surface area contributed by atoms with Crippen molar-refractivity contribution in [3.63, 3.8) is 0 Å². The van der Waals surface area contributed by atoms with Gasteiger partial charge in [0.1, 0.15) is 0 Å². The average Bonchev–Trinajstić information content (AvgIpc) is 2.15. The molecule has 0 amide bonds. The van der Waals surface area contributed by atoms with Crippen molar-refractivity contribution in [1.82, 2.24) is 0 Å². The van der Waals surface area contributed by atoms with Crippen LogP contribution in [0.5, 0.6) is 0 Å². The predicted molar refractivity (Wildman–Crippen MR) is 58.9 cm³/mol.